The monoisotopic (exact) mass is 203 g/mol. The zero-order valence-corrected chi connectivity index (χ0v) is 7.37. The van der Waals surface area contributed by atoms with Crippen LogP contribution in [0.1, 0.15) is 13.3 Å². The number of sulfone groups is 1. The van der Waals surface area contributed by atoms with E-state index < -0.39 is 28.2 Å². The van der Waals surface area contributed by atoms with Crippen molar-refractivity contribution >= 4 is 9.84 Å². The maximum atomic E-state index is 11.6. The van der Waals surface area contributed by atoms with Gasteiger partial charge in [-0.1, -0.05) is 6.92 Å². The van der Waals surface area contributed by atoms with Crippen molar-refractivity contribution in [1.82, 2.24) is 0 Å². The molecule has 0 aromatic carbocycles. The van der Waals surface area contributed by atoms with E-state index in [0.29, 0.717) is 0 Å². The third-order valence-electron chi connectivity index (χ3n) is 1.12. The number of halogens is 3. The summed E-state index contributed by atoms with van der Waals surface area (Å²) in [6.07, 6.45) is -4.32. The van der Waals surface area contributed by atoms with E-state index in [1.807, 2.05) is 0 Å². The van der Waals surface area contributed by atoms with Gasteiger partial charge in [0.15, 0.2) is 9.84 Å². The summed E-state index contributed by atoms with van der Waals surface area (Å²) >= 11 is 0. The van der Waals surface area contributed by atoms with Crippen molar-refractivity contribution in [3.63, 3.8) is 0 Å². The minimum Gasteiger partial charge on any atom is -0.229 e. The Labute approximate surface area is 69.7 Å². The lowest BCUT2D eigenvalue weighted by Crippen LogP contribution is -2.18. The molecule has 0 aromatic heterocycles. The van der Waals surface area contributed by atoms with Crippen molar-refractivity contribution < 1.29 is 21.6 Å². The summed E-state index contributed by atoms with van der Waals surface area (Å²) in [5.41, 5.74) is 0. The number of hydrogen-bond donors (Lipinski definition) is 0. The molecule has 0 saturated heterocycles. The van der Waals surface area contributed by atoms with E-state index in [1.54, 1.807) is 0 Å². The zero-order valence-electron chi connectivity index (χ0n) is 6.56. The van der Waals surface area contributed by atoms with E-state index in [-0.39, 0.29) is 5.75 Å². The summed E-state index contributed by atoms with van der Waals surface area (Å²) in [5, 5.41) is 0. The topological polar surface area (TPSA) is 34.1 Å². The molecule has 73 valence electrons. The zero-order chi connectivity index (χ0) is 9.83. The summed E-state index contributed by atoms with van der Waals surface area (Å²) in [6, 6.07) is 0. The van der Waals surface area contributed by atoms with Crippen molar-refractivity contribution in [3.05, 3.63) is 6.42 Å². The van der Waals surface area contributed by atoms with Crippen LogP contribution in [0.4, 0.5) is 13.2 Å². The summed E-state index contributed by atoms with van der Waals surface area (Å²) in [7, 11) is -3.54. The molecule has 0 aliphatic carbocycles. The Balaban J connectivity index is 3.94. The Morgan fingerprint density at radius 1 is 1.33 bits per heavy atom. The van der Waals surface area contributed by atoms with Gasteiger partial charge in [0.1, 0.15) is 0 Å². The van der Waals surface area contributed by atoms with Gasteiger partial charge in [-0.15, -0.1) is 0 Å². The smallest absolute Gasteiger partial charge is 0.229 e. The van der Waals surface area contributed by atoms with Crippen molar-refractivity contribution in [3.8, 4) is 0 Å². The molecule has 6 heteroatoms. The average molecular weight is 203 g/mol. The number of hydrogen-bond acceptors (Lipinski definition) is 2. The number of alkyl halides is 3. The van der Waals surface area contributed by atoms with Gasteiger partial charge in [0.2, 0.25) is 0 Å². The minimum absolute atomic E-state index is 0.289. The maximum absolute atomic E-state index is 11.6. The van der Waals surface area contributed by atoms with Crippen molar-refractivity contribution in [1.29, 1.82) is 0 Å². The van der Waals surface area contributed by atoms with Crippen LogP contribution in [0.2, 0.25) is 0 Å². The molecule has 2 nitrogen and oxygen atoms in total. The van der Waals surface area contributed by atoms with Gasteiger partial charge >= 0.3 is 6.18 Å². The molecule has 0 N–H and O–H groups in total. The fourth-order valence-electron chi connectivity index (χ4n) is 0.608. The minimum atomic E-state index is -4.39. The second-order valence-corrected chi connectivity index (χ2v) is 4.62. The van der Waals surface area contributed by atoms with Gasteiger partial charge < -0.3 is 0 Å². The van der Waals surface area contributed by atoms with E-state index in [2.05, 4.69) is 0 Å². The first-order valence-corrected chi connectivity index (χ1v) is 5.14. The lowest BCUT2D eigenvalue weighted by atomic mass is 10.5. The molecular weight excluding hydrogens is 193 g/mol. The third-order valence-corrected chi connectivity index (χ3v) is 2.78. The summed E-state index contributed by atoms with van der Waals surface area (Å²) < 4.78 is 56.1. The van der Waals surface area contributed by atoms with E-state index in [1.165, 1.54) is 13.3 Å². The molecule has 0 amide bonds. The summed E-state index contributed by atoms with van der Waals surface area (Å²) in [6.45, 7) is 1.49. The average Bonchev–Trinajstić information content (AvgIpc) is 1.83. The largest absolute Gasteiger partial charge is 0.390 e. The van der Waals surface area contributed by atoms with Gasteiger partial charge in [0.25, 0.3) is 0 Å². The fraction of sp³-hybridized carbons (Fsp3) is 0.833. The molecule has 0 aromatic rings. The Morgan fingerprint density at radius 2 is 1.83 bits per heavy atom. The molecule has 0 atom stereocenters. The number of rotatable bonds is 4. The summed E-state index contributed by atoms with van der Waals surface area (Å²) in [4.78, 5) is 0. The van der Waals surface area contributed by atoms with Gasteiger partial charge in [-0.25, -0.2) is 8.42 Å². The first-order valence-electron chi connectivity index (χ1n) is 3.32. The highest BCUT2D eigenvalue weighted by molar-refractivity contribution is 7.91. The van der Waals surface area contributed by atoms with Crippen LogP contribution in [0, 0.1) is 6.42 Å². The highest BCUT2D eigenvalue weighted by Crippen LogP contribution is 2.20. The van der Waals surface area contributed by atoms with Gasteiger partial charge in [0, 0.05) is 0 Å². The molecule has 1 radical (unpaired) electrons. The molecule has 0 aliphatic heterocycles. The summed E-state index contributed by atoms with van der Waals surface area (Å²) in [5.74, 6) is -1.11. The van der Waals surface area contributed by atoms with Crippen LogP contribution in [-0.2, 0) is 9.84 Å². The predicted octanol–water partition coefficient (Wildman–Crippen LogP) is 1.58. The van der Waals surface area contributed by atoms with E-state index in [4.69, 9.17) is 0 Å². The first-order chi connectivity index (χ1) is 5.27. The first kappa shape index (κ1) is 11.7. The van der Waals surface area contributed by atoms with Crippen LogP contribution in [0.25, 0.3) is 0 Å². The van der Waals surface area contributed by atoms with Gasteiger partial charge in [-0.05, 0) is 6.42 Å². The van der Waals surface area contributed by atoms with Gasteiger partial charge in [0.05, 0.1) is 17.9 Å². The van der Waals surface area contributed by atoms with Crippen LogP contribution in [0.15, 0.2) is 0 Å². The lowest BCUT2D eigenvalue weighted by molar-refractivity contribution is -0.129. The molecule has 0 fully saturated rings. The normalized spacial score (nSPS) is 13.3. The molecule has 12 heavy (non-hydrogen) atoms. The van der Waals surface area contributed by atoms with E-state index >= 15 is 0 Å². The van der Waals surface area contributed by atoms with Crippen LogP contribution in [0.3, 0.4) is 0 Å². The molecule has 0 unspecified atom stereocenters. The Morgan fingerprint density at radius 3 is 2.17 bits per heavy atom. The van der Waals surface area contributed by atoms with Crippen LogP contribution in [0.5, 0.6) is 0 Å². The van der Waals surface area contributed by atoms with Crippen molar-refractivity contribution in [2.24, 2.45) is 0 Å². The van der Waals surface area contributed by atoms with Crippen LogP contribution in [-0.4, -0.2) is 26.1 Å². The molecule has 0 rings (SSSR count). The second kappa shape index (κ2) is 4.11. The predicted molar refractivity (Wildman–Crippen MR) is 39.3 cm³/mol. The second-order valence-electron chi connectivity index (χ2n) is 2.39. The molecular formula is C6H10F3O2S. The maximum Gasteiger partial charge on any atom is 0.390 e. The van der Waals surface area contributed by atoms with Gasteiger partial charge in [-0.3, -0.25) is 0 Å². The van der Waals surface area contributed by atoms with Crippen LogP contribution >= 0.6 is 0 Å². The van der Waals surface area contributed by atoms with Gasteiger partial charge in [-0.2, -0.15) is 13.2 Å². The SMILES string of the molecule is C[CH]CS(=O)(=O)CCC(F)(F)F. The van der Waals surface area contributed by atoms with E-state index in [9.17, 15) is 21.6 Å². The standard InChI is InChI=1S/C6H10F3O2S/c1-2-4-12(10,11)5-3-6(7,8)9/h2H,3-5H2,1H3. The Kier molecular flexibility index (Phi) is 4.02. The van der Waals surface area contributed by atoms with E-state index in [0.717, 1.165) is 0 Å². The highest BCUT2D eigenvalue weighted by Gasteiger charge is 2.29. The molecule has 0 bridgehead atoms. The molecule has 0 aliphatic rings. The molecule has 0 saturated carbocycles. The lowest BCUT2D eigenvalue weighted by Gasteiger charge is -2.05. The molecule has 0 spiro atoms. The fourth-order valence-corrected chi connectivity index (χ4v) is 1.83. The quantitative estimate of drug-likeness (QED) is 0.695. The molecule has 0 heterocycles. The van der Waals surface area contributed by atoms with Crippen LogP contribution < -0.4 is 0 Å². The Bertz CT molecular complexity index is 217. The third kappa shape index (κ3) is 6.45. The highest BCUT2D eigenvalue weighted by atomic mass is 32.2. The Hall–Kier alpha value is -0.260. The van der Waals surface area contributed by atoms with Crippen molar-refractivity contribution in [2.75, 3.05) is 11.5 Å². The van der Waals surface area contributed by atoms with Crippen molar-refractivity contribution in [2.45, 2.75) is 19.5 Å².